The lowest BCUT2D eigenvalue weighted by molar-refractivity contribution is -0.121. The molecule has 156 valence electrons. The van der Waals surface area contributed by atoms with Crippen LogP contribution in [0.5, 0.6) is 11.5 Å². The smallest absolute Gasteiger partial charge is 0.220 e. The van der Waals surface area contributed by atoms with Crippen molar-refractivity contribution in [3.05, 3.63) is 95.6 Å². The number of hydrogen-bond acceptors (Lipinski definition) is 3. The van der Waals surface area contributed by atoms with E-state index in [1.807, 2.05) is 54.6 Å². The predicted molar refractivity (Wildman–Crippen MR) is 120 cm³/mol. The second-order valence-electron chi connectivity index (χ2n) is 7.29. The number of carbonyl (C=O) groups is 1. The number of rotatable bonds is 10. The third-order valence-electron chi connectivity index (χ3n) is 5.23. The number of methoxy groups -OCH3 is 2. The van der Waals surface area contributed by atoms with E-state index in [0.29, 0.717) is 24.5 Å². The van der Waals surface area contributed by atoms with E-state index in [-0.39, 0.29) is 11.8 Å². The van der Waals surface area contributed by atoms with E-state index in [4.69, 9.17) is 9.47 Å². The molecule has 1 amide bonds. The SMILES string of the molecule is COc1ccc(C(CNC(=O)CCc2ccccc2)Cc2ccccc2)cc1OC. The summed E-state index contributed by atoms with van der Waals surface area (Å²) in [5, 5.41) is 3.13. The maximum Gasteiger partial charge on any atom is 0.220 e. The second-order valence-corrected chi connectivity index (χ2v) is 7.29. The van der Waals surface area contributed by atoms with Crippen molar-refractivity contribution < 1.29 is 14.3 Å². The molecule has 0 aliphatic carbocycles. The summed E-state index contributed by atoms with van der Waals surface area (Å²) in [5.74, 6) is 1.60. The fourth-order valence-corrected chi connectivity index (χ4v) is 3.54. The van der Waals surface area contributed by atoms with Gasteiger partial charge in [-0.05, 0) is 41.7 Å². The van der Waals surface area contributed by atoms with E-state index in [9.17, 15) is 4.79 Å². The minimum absolute atomic E-state index is 0.0670. The zero-order chi connectivity index (χ0) is 21.2. The van der Waals surface area contributed by atoms with Gasteiger partial charge in [0.1, 0.15) is 0 Å². The molecule has 0 aliphatic heterocycles. The molecular formula is C26H29NO3. The van der Waals surface area contributed by atoms with Crippen LogP contribution in [-0.2, 0) is 17.6 Å². The molecule has 0 radical (unpaired) electrons. The largest absolute Gasteiger partial charge is 0.493 e. The van der Waals surface area contributed by atoms with Gasteiger partial charge in [-0.25, -0.2) is 0 Å². The van der Waals surface area contributed by atoms with Crippen molar-refractivity contribution in [1.29, 1.82) is 0 Å². The Labute approximate surface area is 178 Å². The van der Waals surface area contributed by atoms with Crippen molar-refractivity contribution in [2.45, 2.75) is 25.2 Å². The highest BCUT2D eigenvalue weighted by molar-refractivity contribution is 5.76. The number of amides is 1. The van der Waals surface area contributed by atoms with Crippen LogP contribution in [0.3, 0.4) is 0 Å². The lowest BCUT2D eigenvalue weighted by Crippen LogP contribution is -2.29. The molecule has 1 atom stereocenters. The minimum atomic E-state index is 0.0670. The first-order valence-corrected chi connectivity index (χ1v) is 10.3. The van der Waals surface area contributed by atoms with E-state index in [1.165, 1.54) is 11.1 Å². The van der Waals surface area contributed by atoms with Gasteiger partial charge in [0.25, 0.3) is 0 Å². The number of nitrogens with one attached hydrogen (secondary N) is 1. The molecule has 3 aromatic carbocycles. The van der Waals surface area contributed by atoms with Crippen LogP contribution in [0.15, 0.2) is 78.9 Å². The van der Waals surface area contributed by atoms with Crippen LogP contribution in [0, 0.1) is 0 Å². The molecule has 0 saturated carbocycles. The van der Waals surface area contributed by atoms with Gasteiger partial charge in [-0.15, -0.1) is 0 Å². The lowest BCUT2D eigenvalue weighted by atomic mass is 9.91. The monoisotopic (exact) mass is 403 g/mol. The highest BCUT2D eigenvalue weighted by atomic mass is 16.5. The first-order valence-electron chi connectivity index (χ1n) is 10.3. The number of carbonyl (C=O) groups excluding carboxylic acids is 1. The molecule has 1 N–H and O–H groups in total. The highest BCUT2D eigenvalue weighted by Crippen LogP contribution is 2.31. The maximum absolute atomic E-state index is 12.5. The third kappa shape index (κ3) is 6.11. The molecule has 4 heteroatoms. The van der Waals surface area contributed by atoms with Crippen molar-refractivity contribution >= 4 is 5.91 Å². The van der Waals surface area contributed by atoms with Gasteiger partial charge in [-0.1, -0.05) is 66.7 Å². The average Bonchev–Trinajstić information content (AvgIpc) is 2.81. The first-order chi connectivity index (χ1) is 14.7. The minimum Gasteiger partial charge on any atom is -0.493 e. The van der Waals surface area contributed by atoms with Gasteiger partial charge in [-0.3, -0.25) is 4.79 Å². The predicted octanol–water partition coefficient (Wildman–Crippen LogP) is 4.78. The quantitative estimate of drug-likeness (QED) is 0.530. The van der Waals surface area contributed by atoms with Crippen LogP contribution < -0.4 is 14.8 Å². The Morgan fingerprint density at radius 3 is 2.10 bits per heavy atom. The van der Waals surface area contributed by atoms with Gasteiger partial charge in [-0.2, -0.15) is 0 Å². The molecule has 0 spiro atoms. The summed E-state index contributed by atoms with van der Waals surface area (Å²) in [6.07, 6.45) is 2.05. The van der Waals surface area contributed by atoms with E-state index in [0.717, 1.165) is 18.4 Å². The van der Waals surface area contributed by atoms with E-state index in [2.05, 4.69) is 29.6 Å². The Balaban J connectivity index is 1.69. The molecule has 0 aromatic heterocycles. The molecule has 0 heterocycles. The zero-order valence-electron chi connectivity index (χ0n) is 17.6. The zero-order valence-corrected chi connectivity index (χ0v) is 17.6. The molecule has 3 rings (SSSR count). The Morgan fingerprint density at radius 1 is 0.833 bits per heavy atom. The molecule has 0 fully saturated rings. The number of aryl methyl sites for hydroxylation is 1. The van der Waals surface area contributed by atoms with Crippen molar-refractivity contribution in [2.24, 2.45) is 0 Å². The van der Waals surface area contributed by atoms with Gasteiger partial charge < -0.3 is 14.8 Å². The van der Waals surface area contributed by atoms with E-state index < -0.39 is 0 Å². The van der Waals surface area contributed by atoms with Gasteiger partial charge in [0, 0.05) is 18.9 Å². The summed E-state index contributed by atoms with van der Waals surface area (Å²) < 4.78 is 10.8. The van der Waals surface area contributed by atoms with Gasteiger partial charge in [0.05, 0.1) is 14.2 Å². The van der Waals surface area contributed by atoms with Crippen LogP contribution >= 0.6 is 0 Å². The number of ether oxygens (including phenoxy) is 2. The highest BCUT2D eigenvalue weighted by Gasteiger charge is 2.16. The lowest BCUT2D eigenvalue weighted by Gasteiger charge is -2.20. The molecule has 1 unspecified atom stereocenters. The first kappa shape index (κ1) is 21.4. The van der Waals surface area contributed by atoms with E-state index >= 15 is 0 Å². The van der Waals surface area contributed by atoms with Crippen LogP contribution in [0.2, 0.25) is 0 Å². The summed E-state index contributed by atoms with van der Waals surface area (Å²) in [5.41, 5.74) is 3.52. The standard InChI is InChI=1S/C26H29NO3/c1-29-24-15-14-22(18-25(24)30-2)23(17-21-11-7-4-8-12-21)19-27-26(28)16-13-20-9-5-3-6-10-20/h3-12,14-15,18,23H,13,16-17,19H2,1-2H3,(H,27,28). The van der Waals surface area contributed by atoms with Crippen molar-refractivity contribution in [3.8, 4) is 11.5 Å². The summed E-state index contributed by atoms with van der Waals surface area (Å²) in [6.45, 7) is 0.567. The number of hydrogen-bond donors (Lipinski definition) is 1. The molecule has 4 nitrogen and oxygen atoms in total. The van der Waals surface area contributed by atoms with Gasteiger partial charge in [0.15, 0.2) is 11.5 Å². The molecule has 0 bridgehead atoms. The molecular weight excluding hydrogens is 374 g/mol. The van der Waals surface area contributed by atoms with Gasteiger partial charge in [0.2, 0.25) is 5.91 Å². The fourth-order valence-electron chi connectivity index (χ4n) is 3.54. The summed E-state index contributed by atoms with van der Waals surface area (Å²) in [7, 11) is 3.27. The number of benzene rings is 3. The molecule has 30 heavy (non-hydrogen) atoms. The fraction of sp³-hybridized carbons (Fsp3) is 0.269. The van der Waals surface area contributed by atoms with Crippen molar-refractivity contribution in [1.82, 2.24) is 5.32 Å². The van der Waals surface area contributed by atoms with Crippen LogP contribution in [0.4, 0.5) is 0 Å². The normalized spacial score (nSPS) is 11.5. The van der Waals surface area contributed by atoms with E-state index in [1.54, 1.807) is 14.2 Å². The average molecular weight is 404 g/mol. The maximum atomic E-state index is 12.5. The third-order valence-corrected chi connectivity index (χ3v) is 5.23. The van der Waals surface area contributed by atoms with Crippen LogP contribution in [0.25, 0.3) is 0 Å². The summed E-state index contributed by atoms with van der Waals surface area (Å²) >= 11 is 0. The topological polar surface area (TPSA) is 47.6 Å². The van der Waals surface area contributed by atoms with Crippen molar-refractivity contribution in [2.75, 3.05) is 20.8 Å². The van der Waals surface area contributed by atoms with Gasteiger partial charge >= 0.3 is 0 Å². The summed E-state index contributed by atoms with van der Waals surface area (Å²) in [6, 6.07) is 26.4. The van der Waals surface area contributed by atoms with Crippen LogP contribution in [0.1, 0.15) is 29.0 Å². The Morgan fingerprint density at radius 2 is 1.47 bits per heavy atom. The van der Waals surface area contributed by atoms with Crippen LogP contribution in [-0.4, -0.2) is 26.7 Å². The summed E-state index contributed by atoms with van der Waals surface area (Å²) in [4.78, 5) is 12.5. The Hall–Kier alpha value is -3.27. The Bertz CT molecular complexity index is 926. The molecule has 0 saturated heterocycles. The molecule has 3 aromatic rings. The molecule has 0 aliphatic rings. The second kappa shape index (κ2) is 11.1. The Kier molecular flexibility index (Phi) is 7.90. The van der Waals surface area contributed by atoms with Crippen molar-refractivity contribution in [3.63, 3.8) is 0 Å².